The van der Waals surface area contributed by atoms with E-state index in [4.69, 9.17) is 9.15 Å². The summed E-state index contributed by atoms with van der Waals surface area (Å²) in [7, 11) is 1.76. The maximum atomic E-state index is 5.52. The molecule has 0 radical (unpaired) electrons. The van der Waals surface area contributed by atoms with Gasteiger partial charge in [0.1, 0.15) is 5.76 Å². The van der Waals surface area contributed by atoms with E-state index in [0.717, 1.165) is 38.5 Å². The highest BCUT2D eigenvalue weighted by atomic mass is 16.5. The Morgan fingerprint density at radius 1 is 1.20 bits per heavy atom. The third-order valence-electron chi connectivity index (χ3n) is 5.97. The van der Waals surface area contributed by atoms with Gasteiger partial charge in [-0.1, -0.05) is 24.3 Å². The van der Waals surface area contributed by atoms with Crippen LogP contribution in [0.15, 0.2) is 47.1 Å². The van der Waals surface area contributed by atoms with Gasteiger partial charge in [0.25, 0.3) is 0 Å². The molecule has 2 aromatic rings. The highest BCUT2D eigenvalue weighted by Gasteiger charge is 2.45. The summed E-state index contributed by atoms with van der Waals surface area (Å²) in [4.78, 5) is 2.53. The van der Waals surface area contributed by atoms with Gasteiger partial charge in [0.2, 0.25) is 0 Å². The molecule has 1 fully saturated rings. The first-order valence-corrected chi connectivity index (χ1v) is 9.37. The molecule has 1 N–H and O–H groups in total. The minimum absolute atomic E-state index is 0.334. The van der Waals surface area contributed by atoms with Crippen LogP contribution in [0.5, 0.6) is 0 Å². The van der Waals surface area contributed by atoms with Crippen LogP contribution in [0.4, 0.5) is 0 Å². The van der Waals surface area contributed by atoms with Crippen LogP contribution in [0.2, 0.25) is 0 Å². The Hall–Kier alpha value is -1.62. The van der Waals surface area contributed by atoms with Crippen LogP contribution >= 0.6 is 0 Å². The van der Waals surface area contributed by atoms with E-state index in [1.54, 1.807) is 18.9 Å². The molecule has 1 saturated heterocycles. The van der Waals surface area contributed by atoms with Gasteiger partial charge in [-0.25, -0.2) is 0 Å². The van der Waals surface area contributed by atoms with Crippen LogP contribution in [0.1, 0.15) is 42.2 Å². The van der Waals surface area contributed by atoms with Gasteiger partial charge < -0.3 is 14.5 Å². The molecule has 1 atom stereocenters. The molecule has 0 bridgehead atoms. The molecule has 1 aliphatic carbocycles. The fourth-order valence-corrected chi connectivity index (χ4v) is 4.65. The second-order valence-corrected chi connectivity index (χ2v) is 7.43. The van der Waals surface area contributed by atoms with Gasteiger partial charge in [-0.15, -0.1) is 0 Å². The summed E-state index contributed by atoms with van der Waals surface area (Å²) in [5.41, 5.74) is 3.40. The third-order valence-corrected chi connectivity index (χ3v) is 5.97. The predicted octanol–water partition coefficient (Wildman–Crippen LogP) is 3.49. The quantitative estimate of drug-likeness (QED) is 0.817. The molecule has 1 spiro atoms. The molecule has 4 rings (SSSR count). The molecule has 1 unspecified atom stereocenters. The second-order valence-electron chi connectivity index (χ2n) is 7.43. The van der Waals surface area contributed by atoms with E-state index in [-0.39, 0.29) is 0 Å². The minimum atomic E-state index is 0.334. The van der Waals surface area contributed by atoms with Crippen molar-refractivity contribution in [1.29, 1.82) is 0 Å². The van der Waals surface area contributed by atoms with Crippen molar-refractivity contribution >= 4 is 0 Å². The number of nitrogens with one attached hydrogen (secondary N) is 1. The van der Waals surface area contributed by atoms with Gasteiger partial charge in [0.05, 0.1) is 19.4 Å². The summed E-state index contributed by atoms with van der Waals surface area (Å²) in [6.07, 6.45) is 5.44. The summed E-state index contributed by atoms with van der Waals surface area (Å²) in [5, 5.41) is 3.70. The Morgan fingerprint density at radius 3 is 2.80 bits per heavy atom. The first kappa shape index (κ1) is 16.8. The molecule has 1 aromatic carbocycles. The van der Waals surface area contributed by atoms with Gasteiger partial charge in [-0.3, -0.25) is 4.90 Å². The van der Waals surface area contributed by atoms with Crippen molar-refractivity contribution < 1.29 is 9.15 Å². The summed E-state index contributed by atoms with van der Waals surface area (Å²) in [5.74, 6) is 1.07. The van der Waals surface area contributed by atoms with Crippen molar-refractivity contribution in [3.8, 4) is 0 Å². The zero-order chi connectivity index (χ0) is 17.1. The first-order chi connectivity index (χ1) is 12.3. The average Bonchev–Trinajstić information content (AvgIpc) is 3.25. The van der Waals surface area contributed by atoms with Crippen LogP contribution in [0.3, 0.4) is 0 Å². The predicted molar refractivity (Wildman–Crippen MR) is 98.6 cm³/mol. The molecule has 0 saturated carbocycles. The zero-order valence-electron chi connectivity index (χ0n) is 15.0. The van der Waals surface area contributed by atoms with Crippen molar-refractivity contribution in [2.24, 2.45) is 0 Å². The number of benzene rings is 1. The number of methoxy groups -OCH3 is 1. The number of ether oxygens (including phenoxy) is 1. The number of furan rings is 1. The fourth-order valence-electron chi connectivity index (χ4n) is 4.65. The molecule has 2 aliphatic rings. The standard InChI is InChI=1S/C21H28N2O2/c1-24-14-10-22-20-15-21(19-7-3-2-6-18(19)20)8-11-23(12-9-21)16-17-5-4-13-25-17/h2-7,13,20,22H,8-12,14-16H2,1H3. The molecule has 4 nitrogen and oxygen atoms in total. The molecule has 134 valence electrons. The smallest absolute Gasteiger partial charge is 0.117 e. The second kappa shape index (κ2) is 7.32. The summed E-state index contributed by atoms with van der Waals surface area (Å²) in [6, 6.07) is 13.6. The summed E-state index contributed by atoms with van der Waals surface area (Å²) < 4.78 is 10.7. The van der Waals surface area contributed by atoms with Crippen molar-refractivity contribution in [2.45, 2.75) is 37.3 Å². The van der Waals surface area contributed by atoms with E-state index in [1.165, 1.54) is 24.8 Å². The van der Waals surface area contributed by atoms with Crippen LogP contribution in [-0.2, 0) is 16.7 Å². The number of nitrogens with zero attached hydrogens (tertiary/aromatic N) is 1. The lowest BCUT2D eigenvalue weighted by Gasteiger charge is -2.40. The van der Waals surface area contributed by atoms with Crippen molar-refractivity contribution in [3.63, 3.8) is 0 Å². The van der Waals surface area contributed by atoms with Crippen molar-refractivity contribution in [1.82, 2.24) is 10.2 Å². The van der Waals surface area contributed by atoms with Gasteiger partial charge >= 0.3 is 0 Å². The number of likely N-dealkylation sites (tertiary alicyclic amines) is 1. The van der Waals surface area contributed by atoms with Gasteiger partial charge in [0, 0.05) is 19.7 Å². The highest BCUT2D eigenvalue weighted by Crippen LogP contribution is 2.50. The number of fused-ring (bicyclic) bond motifs is 2. The first-order valence-electron chi connectivity index (χ1n) is 9.37. The Labute approximate surface area is 150 Å². The van der Waals surface area contributed by atoms with E-state index in [0.29, 0.717) is 11.5 Å². The number of rotatable bonds is 6. The van der Waals surface area contributed by atoms with E-state index in [9.17, 15) is 0 Å². The van der Waals surface area contributed by atoms with E-state index in [1.807, 2.05) is 6.07 Å². The Kier molecular flexibility index (Phi) is 4.93. The topological polar surface area (TPSA) is 37.6 Å². The highest BCUT2D eigenvalue weighted by molar-refractivity contribution is 5.42. The third kappa shape index (κ3) is 3.39. The SMILES string of the molecule is COCCNC1CC2(CCN(Cc3ccco3)CC2)c2ccccc21. The van der Waals surface area contributed by atoms with Crippen molar-refractivity contribution in [3.05, 3.63) is 59.5 Å². The number of hydrogen-bond donors (Lipinski definition) is 1. The molecule has 1 aliphatic heterocycles. The summed E-state index contributed by atoms with van der Waals surface area (Å²) >= 11 is 0. The lowest BCUT2D eigenvalue weighted by molar-refractivity contribution is 0.137. The van der Waals surface area contributed by atoms with E-state index >= 15 is 0 Å². The number of piperidine rings is 1. The monoisotopic (exact) mass is 340 g/mol. The Morgan fingerprint density at radius 2 is 2.04 bits per heavy atom. The Bertz CT molecular complexity index is 675. The molecule has 1 aromatic heterocycles. The van der Waals surface area contributed by atoms with Gasteiger partial charge in [-0.2, -0.15) is 0 Å². The van der Waals surface area contributed by atoms with Crippen LogP contribution in [0.25, 0.3) is 0 Å². The normalized spacial score (nSPS) is 22.4. The average molecular weight is 340 g/mol. The Balaban J connectivity index is 1.45. The zero-order valence-corrected chi connectivity index (χ0v) is 15.0. The van der Waals surface area contributed by atoms with Gasteiger partial charge in [0.15, 0.2) is 0 Å². The van der Waals surface area contributed by atoms with Crippen molar-refractivity contribution in [2.75, 3.05) is 33.4 Å². The van der Waals surface area contributed by atoms with Crippen LogP contribution < -0.4 is 5.32 Å². The summed E-state index contributed by atoms with van der Waals surface area (Å²) in [6.45, 7) is 4.89. The van der Waals surface area contributed by atoms with Crippen LogP contribution in [-0.4, -0.2) is 38.3 Å². The molecule has 2 heterocycles. The lowest BCUT2D eigenvalue weighted by atomic mass is 9.73. The molecular weight excluding hydrogens is 312 g/mol. The molecule has 0 amide bonds. The largest absolute Gasteiger partial charge is 0.468 e. The molecular formula is C21H28N2O2. The minimum Gasteiger partial charge on any atom is -0.468 e. The maximum absolute atomic E-state index is 5.52. The molecule has 4 heteroatoms. The maximum Gasteiger partial charge on any atom is 0.117 e. The van der Waals surface area contributed by atoms with Gasteiger partial charge in [-0.05, 0) is 61.0 Å². The van der Waals surface area contributed by atoms with E-state index in [2.05, 4.69) is 40.5 Å². The van der Waals surface area contributed by atoms with E-state index < -0.39 is 0 Å². The lowest BCUT2D eigenvalue weighted by Crippen LogP contribution is -2.41. The fraction of sp³-hybridized carbons (Fsp3) is 0.524. The molecule has 25 heavy (non-hydrogen) atoms. The number of hydrogen-bond acceptors (Lipinski definition) is 4. The van der Waals surface area contributed by atoms with Crippen LogP contribution in [0, 0.1) is 0 Å².